The molecule has 144 valence electrons. The van der Waals surface area contributed by atoms with Gasteiger partial charge in [0.05, 0.1) is 28.1 Å². The monoisotopic (exact) mass is 419 g/mol. The molecule has 0 bridgehead atoms. The number of benzene rings is 1. The molecule has 1 fully saturated rings. The van der Waals surface area contributed by atoms with Gasteiger partial charge in [0.2, 0.25) is 0 Å². The SMILES string of the molecule is O=C1N=C(N2CCOCC2)S/C1=C/c1ccc(-c2ccc([N+](=O)[O-])cc2Cl)o1. The number of amidine groups is 1. The summed E-state index contributed by atoms with van der Waals surface area (Å²) in [6.07, 6.45) is 1.63. The number of nitrogens with zero attached hydrogens (tertiary/aromatic N) is 3. The molecule has 1 saturated heterocycles. The number of carbonyl (C=O) groups is 1. The third-order valence-electron chi connectivity index (χ3n) is 4.22. The highest BCUT2D eigenvalue weighted by atomic mass is 35.5. The third kappa shape index (κ3) is 3.82. The zero-order chi connectivity index (χ0) is 19.7. The highest BCUT2D eigenvalue weighted by Crippen LogP contribution is 2.34. The van der Waals surface area contributed by atoms with E-state index < -0.39 is 4.92 Å². The summed E-state index contributed by atoms with van der Waals surface area (Å²) in [6.45, 7) is 2.64. The Morgan fingerprint density at radius 3 is 2.75 bits per heavy atom. The second-order valence-electron chi connectivity index (χ2n) is 6.03. The van der Waals surface area contributed by atoms with E-state index in [2.05, 4.69) is 4.99 Å². The zero-order valence-corrected chi connectivity index (χ0v) is 16.0. The van der Waals surface area contributed by atoms with Gasteiger partial charge < -0.3 is 14.1 Å². The second-order valence-corrected chi connectivity index (χ2v) is 7.45. The molecule has 0 spiro atoms. The lowest BCUT2D eigenvalue weighted by Gasteiger charge is -2.27. The van der Waals surface area contributed by atoms with Crippen LogP contribution < -0.4 is 0 Å². The number of non-ortho nitro benzene ring substituents is 1. The number of nitro groups is 1. The van der Waals surface area contributed by atoms with E-state index in [1.807, 2.05) is 4.90 Å². The fraction of sp³-hybridized carbons (Fsp3) is 0.222. The Morgan fingerprint density at radius 1 is 1.25 bits per heavy atom. The molecule has 0 radical (unpaired) electrons. The molecule has 0 aliphatic carbocycles. The van der Waals surface area contributed by atoms with Gasteiger partial charge in [0.1, 0.15) is 11.5 Å². The Kier molecular flexibility index (Phi) is 5.21. The van der Waals surface area contributed by atoms with Crippen LogP contribution in [0.1, 0.15) is 5.76 Å². The van der Waals surface area contributed by atoms with E-state index >= 15 is 0 Å². The van der Waals surface area contributed by atoms with Gasteiger partial charge in [0, 0.05) is 36.9 Å². The third-order valence-corrected chi connectivity index (χ3v) is 5.58. The van der Waals surface area contributed by atoms with Gasteiger partial charge in [0.25, 0.3) is 11.6 Å². The van der Waals surface area contributed by atoms with E-state index in [1.54, 1.807) is 18.2 Å². The van der Waals surface area contributed by atoms with Crippen LogP contribution in [-0.2, 0) is 9.53 Å². The number of nitro benzene ring substituents is 1. The lowest BCUT2D eigenvalue weighted by Crippen LogP contribution is -2.38. The summed E-state index contributed by atoms with van der Waals surface area (Å²) in [5, 5.41) is 11.7. The topological polar surface area (TPSA) is 98.2 Å². The Morgan fingerprint density at radius 2 is 2.04 bits per heavy atom. The van der Waals surface area contributed by atoms with Gasteiger partial charge in [-0.1, -0.05) is 11.6 Å². The Balaban J connectivity index is 1.52. The smallest absolute Gasteiger partial charge is 0.286 e. The average molecular weight is 420 g/mol. The molecule has 0 saturated carbocycles. The normalized spacial score (nSPS) is 18.6. The standard InChI is InChI=1S/C18H14ClN3O5S/c19-14-9-11(22(24)25)1-3-13(14)15-4-2-12(27-15)10-16-17(23)20-18(28-16)21-5-7-26-8-6-21/h1-4,9-10H,5-8H2/b16-10+. The second kappa shape index (κ2) is 7.78. The van der Waals surface area contributed by atoms with E-state index in [4.69, 9.17) is 20.8 Å². The maximum absolute atomic E-state index is 12.2. The van der Waals surface area contributed by atoms with Crippen LogP contribution >= 0.6 is 23.4 Å². The number of amides is 1. The van der Waals surface area contributed by atoms with Gasteiger partial charge in [0.15, 0.2) is 5.17 Å². The van der Waals surface area contributed by atoms with Gasteiger partial charge in [-0.2, -0.15) is 4.99 Å². The molecule has 2 aliphatic rings. The van der Waals surface area contributed by atoms with Crippen LogP contribution in [0.3, 0.4) is 0 Å². The highest BCUT2D eigenvalue weighted by Gasteiger charge is 2.27. The number of aliphatic imine (C=N–C) groups is 1. The van der Waals surface area contributed by atoms with Crippen LogP contribution in [0.4, 0.5) is 5.69 Å². The molecule has 0 atom stereocenters. The number of ether oxygens (including phenoxy) is 1. The van der Waals surface area contributed by atoms with Gasteiger partial charge in [-0.3, -0.25) is 14.9 Å². The lowest BCUT2D eigenvalue weighted by molar-refractivity contribution is -0.384. The number of rotatable bonds is 3. The minimum absolute atomic E-state index is 0.0941. The molecular formula is C18H14ClN3O5S. The number of hydrogen-bond donors (Lipinski definition) is 0. The summed E-state index contributed by atoms with van der Waals surface area (Å²) in [5.74, 6) is 0.619. The minimum atomic E-state index is -0.511. The van der Waals surface area contributed by atoms with Crippen LogP contribution in [0.2, 0.25) is 5.02 Å². The predicted octanol–water partition coefficient (Wildman–Crippen LogP) is 3.81. The first-order chi connectivity index (χ1) is 13.5. The molecule has 1 amide bonds. The molecule has 2 aromatic rings. The Hall–Kier alpha value is -2.62. The molecule has 0 N–H and O–H groups in total. The zero-order valence-electron chi connectivity index (χ0n) is 14.5. The highest BCUT2D eigenvalue weighted by molar-refractivity contribution is 8.18. The van der Waals surface area contributed by atoms with Crippen molar-refractivity contribution in [3.8, 4) is 11.3 Å². The van der Waals surface area contributed by atoms with Crippen LogP contribution in [-0.4, -0.2) is 47.2 Å². The molecule has 3 heterocycles. The van der Waals surface area contributed by atoms with E-state index in [-0.39, 0.29) is 16.6 Å². The number of thioether (sulfide) groups is 1. The fourth-order valence-electron chi connectivity index (χ4n) is 2.81. The summed E-state index contributed by atoms with van der Waals surface area (Å²) in [7, 11) is 0. The fourth-order valence-corrected chi connectivity index (χ4v) is 4.02. The molecule has 4 rings (SSSR count). The van der Waals surface area contributed by atoms with E-state index in [9.17, 15) is 14.9 Å². The summed E-state index contributed by atoms with van der Waals surface area (Å²) in [6, 6.07) is 7.58. The van der Waals surface area contributed by atoms with Crippen molar-refractivity contribution in [1.82, 2.24) is 4.90 Å². The quantitative estimate of drug-likeness (QED) is 0.423. The average Bonchev–Trinajstić information content (AvgIpc) is 3.30. The Bertz CT molecular complexity index is 1010. The molecule has 2 aliphatic heterocycles. The summed E-state index contributed by atoms with van der Waals surface area (Å²) in [4.78, 5) is 29.1. The van der Waals surface area contributed by atoms with Crippen molar-refractivity contribution in [2.75, 3.05) is 26.3 Å². The molecule has 1 aromatic heterocycles. The number of morpholine rings is 1. The van der Waals surface area contributed by atoms with Gasteiger partial charge in [-0.15, -0.1) is 0 Å². The summed E-state index contributed by atoms with van der Waals surface area (Å²) < 4.78 is 11.1. The van der Waals surface area contributed by atoms with Crippen LogP contribution in [0.25, 0.3) is 17.4 Å². The lowest BCUT2D eigenvalue weighted by atomic mass is 10.1. The maximum atomic E-state index is 12.2. The molecule has 0 unspecified atom stereocenters. The first kappa shape index (κ1) is 18.7. The number of hydrogen-bond acceptors (Lipinski definition) is 7. The number of halogens is 1. The van der Waals surface area contributed by atoms with Crippen molar-refractivity contribution in [3.05, 3.63) is 56.1 Å². The van der Waals surface area contributed by atoms with E-state index in [1.165, 1.54) is 30.0 Å². The predicted molar refractivity (Wildman–Crippen MR) is 106 cm³/mol. The summed E-state index contributed by atoms with van der Waals surface area (Å²) in [5.41, 5.74) is 0.441. The van der Waals surface area contributed by atoms with Gasteiger partial charge >= 0.3 is 0 Å². The van der Waals surface area contributed by atoms with Gasteiger partial charge in [-0.05, 0) is 30.0 Å². The minimum Gasteiger partial charge on any atom is -0.457 e. The first-order valence-corrected chi connectivity index (χ1v) is 9.60. The summed E-state index contributed by atoms with van der Waals surface area (Å²) >= 11 is 7.45. The van der Waals surface area contributed by atoms with Crippen molar-refractivity contribution in [3.63, 3.8) is 0 Å². The van der Waals surface area contributed by atoms with Crippen molar-refractivity contribution in [1.29, 1.82) is 0 Å². The molecule has 1 aromatic carbocycles. The number of furan rings is 1. The largest absolute Gasteiger partial charge is 0.457 e. The molecule has 8 nitrogen and oxygen atoms in total. The van der Waals surface area contributed by atoms with Crippen molar-refractivity contribution < 1.29 is 18.9 Å². The molecular weight excluding hydrogens is 406 g/mol. The Labute approximate surface area is 169 Å². The maximum Gasteiger partial charge on any atom is 0.286 e. The molecule has 10 heteroatoms. The molecule has 28 heavy (non-hydrogen) atoms. The van der Waals surface area contributed by atoms with E-state index in [0.29, 0.717) is 53.5 Å². The van der Waals surface area contributed by atoms with Crippen LogP contribution in [0.15, 0.2) is 44.6 Å². The van der Waals surface area contributed by atoms with Crippen LogP contribution in [0, 0.1) is 10.1 Å². The van der Waals surface area contributed by atoms with Crippen molar-refractivity contribution in [2.24, 2.45) is 4.99 Å². The van der Waals surface area contributed by atoms with E-state index in [0.717, 1.165) is 0 Å². The van der Waals surface area contributed by atoms with Crippen LogP contribution in [0.5, 0.6) is 0 Å². The first-order valence-electron chi connectivity index (χ1n) is 8.41. The van der Waals surface area contributed by atoms with Crippen molar-refractivity contribution >= 4 is 46.2 Å². The van der Waals surface area contributed by atoms with Crippen molar-refractivity contribution in [2.45, 2.75) is 0 Å². The number of carbonyl (C=O) groups excluding carboxylic acids is 1. The van der Waals surface area contributed by atoms with Gasteiger partial charge in [-0.25, -0.2) is 0 Å².